The lowest BCUT2D eigenvalue weighted by Crippen LogP contribution is -2.33. The fourth-order valence-electron chi connectivity index (χ4n) is 1.88. The molecule has 0 atom stereocenters. The summed E-state index contributed by atoms with van der Waals surface area (Å²) in [6, 6.07) is 5.84. The fourth-order valence-corrected chi connectivity index (χ4v) is 1.88. The third-order valence-corrected chi connectivity index (χ3v) is 2.68. The molecule has 0 unspecified atom stereocenters. The number of aromatic nitrogens is 1. The number of anilines is 2. The van der Waals surface area contributed by atoms with Gasteiger partial charge in [-0.05, 0) is 25.5 Å². The van der Waals surface area contributed by atoms with Crippen molar-refractivity contribution in [2.45, 2.75) is 13.3 Å². The maximum absolute atomic E-state index is 11.5. The van der Waals surface area contributed by atoms with Crippen molar-refractivity contribution in [3.8, 4) is 0 Å². The molecular weight excluding hydrogens is 216 g/mol. The number of pyridine rings is 1. The number of carbonyl (C=O) groups is 1. The van der Waals surface area contributed by atoms with Crippen LogP contribution in [-0.2, 0) is 4.79 Å². The van der Waals surface area contributed by atoms with Crippen LogP contribution < -0.4 is 15.5 Å². The first-order valence-corrected chi connectivity index (χ1v) is 6.02. The van der Waals surface area contributed by atoms with Crippen LogP contribution in [0.25, 0.3) is 0 Å². The first-order chi connectivity index (χ1) is 8.29. The van der Waals surface area contributed by atoms with Crippen LogP contribution in [0.2, 0.25) is 0 Å². The molecule has 1 amide bonds. The molecule has 0 saturated carbocycles. The van der Waals surface area contributed by atoms with Gasteiger partial charge in [0.2, 0.25) is 5.91 Å². The average Bonchev–Trinajstić information content (AvgIpc) is 2.55. The van der Waals surface area contributed by atoms with Gasteiger partial charge in [-0.3, -0.25) is 4.79 Å². The molecule has 1 fully saturated rings. The number of nitrogens with one attached hydrogen (secondary N) is 2. The maximum atomic E-state index is 11.5. The Morgan fingerprint density at radius 3 is 3.24 bits per heavy atom. The van der Waals surface area contributed by atoms with E-state index in [1.807, 2.05) is 30.0 Å². The molecule has 5 heteroatoms. The van der Waals surface area contributed by atoms with Crippen LogP contribution in [-0.4, -0.2) is 37.1 Å². The van der Waals surface area contributed by atoms with Crippen LogP contribution >= 0.6 is 0 Å². The highest BCUT2D eigenvalue weighted by Gasteiger charge is 2.15. The van der Waals surface area contributed by atoms with E-state index in [1.165, 1.54) is 0 Å². The van der Waals surface area contributed by atoms with E-state index in [2.05, 4.69) is 15.6 Å². The van der Waals surface area contributed by atoms with Crippen molar-refractivity contribution < 1.29 is 4.79 Å². The molecule has 0 radical (unpaired) electrons. The van der Waals surface area contributed by atoms with Gasteiger partial charge in [-0.25, -0.2) is 4.98 Å². The lowest BCUT2D eigenvalue weighted by Gasteiger charge is -2.20. The van der Waals surface area contributed by atoms with Crippen LogP contribution in [0, 0.1) is 0 Å². The third kappa shape index (κ3) is 3.09. The fraction of sp³-hybridized carbons (Fsp3) is 0.500. The van der Waals surface area contributed by atoms with Crippen molar-refractivity contribution in [1.82, 2.24) is 10.3 Å². The Bertz CT molecular complexity index is 394. The molecule has 1 aromatic heterocycles. The molecule has 17 heavy (non-hydrogen) atoms. The number of hydrogen-bond acceptors (Lipinski definition) is 4. The number of carbonyl (C=O) groups excluding carboxylic acids is 1. The standard InChI is InChI=1S/C12H18N4O/c1-2-13-10-5-3-6-11(15-10)16-8-4-7-14-12(17)9-16/h3,5-6H,2,4,7-9H2,1H3,(H,13,15)(H,14,17). The molecule has 92 valence electrons. The Morgan fingerprint density at radius 1 is 1.53 bits per heavy atom. The molecule has 2 N–H and O–H groups in total. The second-order valence-corrected chi connectivity index (χ2v) is 4.04. The van der Waals surface area contributed by atoms with Crippen molar-refractivity contribution in [1.29, 1.82) is 0 Å². The number of nitrogens with zero attached hydrogens (tertiary/aromatic N) is 2. The topological polar surface area (TPSA) is 57.3 Å². The van der Waals surface area contributed by atoms with Gasteiger partial charge < -0.3 is 15.5 Å². The Balaban J connectivity index is 2.14. The minimum Gasteiger partial charge on any atom is -0.370 e. The Morgan fingerprint density at radius 2 is 2.41 bits per heavy atom. The van der Waals surface area contributed by atoms with E-state index in [0.29, 0.717) is 6.54 Å². The van der Waals surface area contributed by atoms with Crippen molar-refractivity contribution >= 4 is 17.5 Å². The largest absolute Gasteiger partial charge is 0.370 e. The van der Waals surface area contributed by atoms with Gasteiger partial charge in [0.05, 0.1) is 6.54 Å². The average molecular weight is 234 g/mol. The van der Waals surface area contributed by atoms with E-state index in [1.54, 1.807) is 0 Å². The van der Waals surface area contributed by atoms with Crippen LogP contribution in [0.15, 0.2) is 18.2 Å². The highest BCUT2D eigenvalue weighted by Crippen LogP contribution is 2.15. The quantitative estimate of drug-likeness (QED) is 0.813. The molecular formula is C12H18N4O. The van der Waals surface area contributed by atoms with Crippen LogP contribution in [0.4, 0.5) is 11.6 Å². The smallest absolute Gasteiger partial charge is 0.239 e. The molecule has 0 aromatic carbocycles. The zero-order valence-corrected chi connectivity index (χ0v) is 10.1. The summed E-state index contributed by atoms with van der Waals surface area (Å²) in [7, 11) is 0. The molecule has 1 aromatic rings. The van der Waals surface area contributed by atoms with Crippen molar-refractivity contribution in [2.75, 3.05) is 36.4 Å². The molecule has 2 rings (SSSR count). The van der Waals surface area contributed by atoms with Crippen LogP contribution in [0.1, 0.15) is 13.3 Å². The number of rotatable bonds is 3. The van der Waals surface area contributed by atoms with Gasteiger partial charge in [-0.1, -0.05) is 6.07 Å². The SMILES string of the molecule is CCNc1cccc(N2CCCNC(=O)C2)n1. The first kappa shape index (κ1) is 11.7. The van der Waals surface area contributed by atoms with Gasteiger partial charge in [0, 0.05) is 19.6 Å². The highest BCUT2D eigenvalue weighted by molar-refractivity contribution is 5.81. The molecule has 1 aliphatic rings. The van der Waals surface area contributed by atoms with Gasteiger partial charge in [0.25, 0.3) is 0 Å². The van der Waals surface area contributed by atoms with Crippen molar-refractivity contribution in [3.05, 3.63) is 18.2 Å². The number of amides is 1. The highest BCUT2D eigenvalue weighted by atomic mass is 16.2. The zero-order chi connectivity index (χ0) is 12.1. The van der Waals surface area contributed by atoms with E-state index in [0.717, 1.165) is 37.7 Å². The summed E-state index contributed by atoms with van der Waals surface area (Å²) in [5, 5.41) is 6.04. The summed E-state index contributed by atoms with van der Waals surface area (Å²) in [6.45, 7) is 4.89. The maximum Gasteiger partial charge on any atom is 0.239 e. The van der Waals surface area contributed by atoms with Gasteiger partial charge >= 0.3 is 0 Å². The van der Waals surface area contributed by atoms with Crippen molar-refractivity contribution in [2.24, 2.45) is 0 Å². The minimum absolute atomic E-state index is 0.0677. The van der Waals surface area contributed by atoms with E-state index in [9.17, 15) is 4.79 Å². The van der Waals surface area contributed by atoms with Crippen molar-refractivity contribution in [3.63, 3.8) is 0 Å². The predicted octanol–water partition coefficient (Wildman–Crippen LogP) is 0.840. The normalized spacial score (nSPS) is 16.3. The van der Waals surface area contributed by atoms with Gasteiger partial charge in [0.15, 0.2) is 0 Å². The second-order valence-electron chi connectivity index (χ2n) is 4.04. The number of hydrogen-bond donors (Lipinski definition) is 2. The lowest BCUT2D eigenvalue weighted by molar-refractivity contribution is -0.119. The molecule has 2 heterocycles. The summed E-state index contributed by atoms with van der Waals surface area (Å²) < 4.78 is 0. The molecule has 1 aliphatic heterocycles. The van der Waals surface area contributed by atoms with Gasteiger partial charge in [-0.2, -0.15) is 0 Å². The lowest BCUT2D eigenvalue weighted by atomic mass is 10.3. The molecule has 0 aliphatic carbocycles. The zero-order valence-electron chi connectivity index (χ0n) is 10.1. The first-order valence-electron chi connectivity index (χ1n) is 6.02. The monoisotopic (exact) mass is 234 g/mol. The summed E-state index contributed by atoms with van der Waals surface area (Å²) >= 11 is 0. The van der Waals surface area contributed by atoms with Crippen LogP contribution in [0.5, 0.6) is 0 Å². The molecule has 0 spiro atoms. The van der Waals surface area contributed by atoms with E-state index in [-0.39, 0.29) is 5.91 Å². The minimum atomic E-state index is 0.0677. The summed E-state index contributed by atoms with van der Waals surface area (Å²) in [4.78, 5) is 18.0. The van der Waals surface area contributed by atoms with Gasteiger partial charge in [0.1, 0.15) is 11.6 Å². The Labute approximate surface area is 101 Å². The van der Waals surface area contributed by atoms with Crippen LogP contribution in [0.3, 0.4) is 0 Å². The van der Waals surface area contributed by atoms with Gasteiger partial charge in [-0.15, -0.1) is 0 Å². The summed E-state index contributed by atoms with van der Waals surface area (Å²) in [5.41, 5.74) is 0. The Kier molecular flexibility index (Phi) is 3.80. The molecule has 1 saturated heterocycles. The Hall–Kier alpha value is -1.78. The summed E-state index contributed by atoms with van der Waals surface area (Å²) in [5.74, 6) is 1.79. The molecule has 5 nitrogen and oxygen atoms in total. The second kappa shape index (κ2) is 5.52. The van der Waals surface area contributed by atoms with E-state index >= 15 is 0 Å². The third-order valence-electron chi connectivity index (χ3n) is 2.68. The van der Waals surface area contributed by atoms with E-state index < -0.39 is 0 Å². The predicted molar refractivity (Wildman–Crippen MR) is 68.2 cm³/mol. The molecule has 0 bridgehead atoms. The van der Waals surface area contributed by atoms with E-state index in [4.69, 9.17) is 0 Å². The summed E-state index contributed by atoms with van der Waals surface area (Å²) in [6.07, 6.45) is 0.957.